The van der Waals surface area contributed by atoms with Gasteiger partial charge in [-0.3, -0.25) is 4.79 Å². The summed E-state index contributed by atoms with van der Waals surface area (Å²) in [5, 5.41) is 7.99. The molecule has 1 aliphatic rings. The first kappa shape index (κ1) is 11.8. The quantitative estimate of drug-likeness (QED) is 0.754. The monoisotopic (exact) mass is 250 g/mol. The van der Waals surface area contributed by atoms with Crippen LogP contribution >= 0.6 is 0 Å². The first-order valence-corrected chi connectivity index (χ1v) is 6.28. The second-order valence-electron chi connectivity index (χ2n) is 4.87. The fraction of sp³-hybridized carbons (Fsp3) is 0.188. The number of amides is 1. The molecule has 0 fully saturated rings. The third-order valence-corrected chi connectivity index (χ3v) is 3.48. The molecule has 0 bridgehead atoms. The van der Waals surface area contributed by atoms with E-state index in [1.165, 1.54) is 11.1 Å². The standard InChI is InChI=1S/C16H14N2O/c1-10-7-8-11(2)14(9-10)15-12-5-3-4-6-13(12)16(19)18-17-15/h3-9,15H,1-2H3. The molecule has 1 heterocycles. The molecule has 19 heavy (non-hydrogen) atoms. The second kappa shape index (κ2) is 4.43. The van der Waals surface area contributed by atoms with Crippen LogP contribution in [0.2, 0.25) is 0 Å². The zero-order valence-electron chi connectivity index (χ0n) is 10.9. The van der Waals surface area contributed by atoms with Crippen molar-refractivity contribution in [1.29, 1.82) is 0 Å². The van der Waals surface area contributed by atoms with Gasteiger partial charge in [-0.2, -0.15) is 5.11 Å². The number of aryl methyl sites for hydroxylation is 2. The molecule has 3 rings (SSSR count). The maximum Gasteiger partial charge on any atom is 0.295 e. The molecule has 2 aromatic carbocycles. The van der Waals surface area contributed by atoms with E-state index in [0.717, 1.165) is 11.1 Å². The number of carbonyl (C=O) groups is 1. The molecule has 0 aromatic heterocycles. The van der Waals surface area contributed by atoms with Crippen molar-refractivity contribution >= 4 is 5.91 Å². The van der Waals surface area contributed by atoms with Gasteiger partial charge in [0, 0.05) is 5.56 Å². The van der Waals surface area contributed by atoms with Gasteiger partial charge >= 0.3 is 0 Å². The predicted molar refractivity (Wildman–Crippen MR) is 73.4 cm³/mol. The fourth-order valence-corrected chi connectivity index (χ4v) is 2.44. The van der Waals surface area contributed by atoms with Crippen molar-refractivity contribution in [3.05, 3.63) is 70.3 Å². The summed E-state index contributed by atoms with van der Waals surface area (Å²) in [5.74, 6) is -0.253. The number of fused-ring (bicyclic) bond motifs is 1. The van der Waals surface area contributed by atoms with Crippen LogP contribution in [0.25, 0.3) is 0 Å². The van der Waals surface area contributed by atoms with Crippen LogP contribution in [0.5, 0.6) is 0 Å². The van der Waals surface area contributed by atoms with E-state index in [4.69, 9.17) is 0 Å². The third kappa shape index (κ3) is 1.97. The van der Waals surface area contributed by atoms with Crippen LogP contribution in [-0.4, -0.2) is 5.91 Å². The van der Waals surface area contributed by atoms with Crippen molar-refractivity contribution in [1.82, 2.24) is 0 Å². The van der Waals surface area contributed by atoms with Gasteiger partial charge in [0.2, 0.25) is 0 Å². The highest BCUT2D eigenvalue weighted by Crippen LogP contribution is 2.34. The summed E-state index contributed by atoms with van der Waals surface area (Å²) in [4.78, 5) is 11.8. The SMILES string of the molecule is Cc1ccc(C)c(C2N=NC(=O)c3ccccc32)c1. The molecule has 3 heteroatoms. The number of hydrogen-bond acceptors (Lipinski definition) is 2. The first-order chi connectivity index (χ1) is 9.16. The molecule has 2 aromatic rings. The zero-order valence-corrected chi connectivity index (χ0v) is 10.9. The molecule has 0 N–H and O–H groups in total. The van der Waals surface area contributed by atoms with Gasteiger partial charge < -0.3 is 0 Å². The Bertz CT molecular complexity index is 689. The molecule has 1 unspecified atom stereocenters. The molecule has 1 amide bonds. The van der Waals surface area contributed by atoms with Crippen LogP contribution in [0.1, 0.15) is 38.7 Å². The maximum atomic E-state index is 11.8. The summed E-state index contributed by atoms with van der Waals surface area (Å²) in [6.07, 6.45) is 0. The number of nitrogens with zero attached hydrogens (tertiary/aromatic N) is 2. The predicted octanol–water partition coefficient (Wildman–Crippen LogP) is 4.00. The van der Waals surface area contributed by atoms with Gasteiger partial charge in [-0.15, -0.1) is 5.11 Å². The minimum atomic E-state index is -0.253. The summed E-state index contributed by atoms with van der Waals surface area (Å²) in [6, 6.07) is 13.7. The minimum Gasteiger partial charge on any atom is -0.265 e. The summed E-state index contributed by atoms with van der Waals surface area (Å²) >= 11 is 0. The van der Waals surface area contributed by atoms with Gasteiger partial charge in [0.1, 0.15) is 6.04 Å². The topological polar surface area (TPSA) is 41.8 Å². The fourth-order valence-electron chi connectivity index (χ4n) is 2.44. The van der Waals surface area contributed by atoms with Crippen molar-refractivity contribution < 1.29 is 4.79 Å². The van der Waals surface area contributed by atoms with Gasteiger partial charge in [0.25, 0.3) is 5.91 Å². The van der Waals surface area contributed by atoms with Crippen molar-refractivity contribution in [2.75, 3.05) is 0 Å². The normalized spacial score (nSPS) is 17.4. The summed E-state index contributed by atoms with van der Waals surface area (Å²) < 4.78 is 0. The smallest absolute Gasteiger partial charge is 0.265 e. The highest BCUT2D eigenvalue weighted by molar-refractivity contribution is 5.97. The molecule has 3 nitrogen and oxygen atoms in total. The van der Waals surface area contributed by atoms with Gasteiger partial charge in [-0.05, 0) is 36.6 Å². The van der Waals surface area contributed by atoms with Crippen molar-refractivity contribution in [2.24, 2.45) is 10.2 Å². The lowest BCUT2D eigenvalue weighted by Crippen LogP contribution is -2.12. The van der Waals surface area contributed by atoms with Crippen LogP contribution < -0.4 is 0 Å². The number of carbonyl (C=O) groups excluding carboxylic acids is 1. The molecule has 1 atom stereocenters. The average molecular weight is 250 g/mol. The van der Waals surface area contributed by atoms with E-state index in [1.807, 2.05) is 24.3 Å². The van der Waals surface area contributed by atoms with Crippen molar-refractivity contribution in [3.8, 4) is 0 Å². The molecule has 0 saturated carbocycles. The lowest BCUT2D eigenvalue weighted by Gasteiger charge is -2.20. The van der Waals surface area contributed by atoms with Crippen LogP contribution in [0.15, 0.2) is 52.7 Å². The lowest BCUT2D eigenvalue weighted by molar-refractivity contribution is 0.0986. The van der Waals surface area contributed by atoms with Gasteiger partial charge in [-0.25, -0.2) is 0 Å². The van der Waals surface area contributed by atoms with Crippen LogP contribution in [-0.2, 0) is 0 Å². The van der Waals surface area contributed by atoms with E-state index in [9.17, 15) is 4.79 Å². The number of benzene rings is 2. The van der Waals surface area contributed by atoms with Crippen molar-refractivity contribution in [2.45, 2.75) is 19.9 Å². The maximum absolute atomic E-state index is 11.8. The van der Waals surface area contributed by atoms with Crippen LogP contribution in [0.3, 0.4) is 0 Å². The number of hydrogen-bond donors (Lipinski definition) is 0. The molecule has 1 aliphatic heterocycles. The van der Waals surface area contributed by atoms with E-state index in [2.05, 4.69) is 42.3 Å². The molecule has 0 radical (unpaired) electrons. The molecular formula is C16H14N2O. The Morgan fingerprint density at radius 3 is 2.63 bits per heavy atom. The first-order valence-electron chi connectivity index (χ1n) is 6.28. The summed E-state index contributed by atoms with van der Waals surface area (Å²) in [7, 11) is 0. The Morgan fingerprint density at radius 2 is 1.79 bits per heavy atom. The molecule has 0 aliphatic carbocycles. The van der Waals surface area contributed by atoms with Gasteiger partial charge in [0.15, 0.2) is 0 Å². The van der Waals surface area contributed by atoms with Crippen LogP contribution in [0, 0.1) is 13.8 Å². The molecule has 0 spiro atoms. The Morgan fingerprint density at radius 1 is 1.00 bits per heavy atom. The van der Waals surface area contributed by atoms with Crippen molar-refractivity contribution in [3.63, 3.8) is 0 Å². The van der Waals surface area contributed by atoms with Crippen LogP contribution in [0.4, 0.5) is 0 Å². The van der Waals surface area contributed by atoms with E-state index >= 15 is 0 Å². The minimum absolute atomic E-state index is 0.172. The largest absolute Gasteiger partial charge is 0.295 e. The third-order valence-electron chi connectivity index (χ3n) is 3.48. The van der Waals surface area contributed by atoms with E-state index < -0.39 is 0 Å². The highest BCUT2D eigenvalue weighted by atomic mass is 16.1. The van der Waals surface area contributed by atoms with E-state index in [1.54, 1.807) is 0 Å². The second-order valence-corrected chi connectivity index (χ2v) is 4.87. The highest BCUT2D eigenvalue weighted by Gasteiger charge is 2.25. The Hall–Kier alpha value is -2.29. The molecular weight excluding hydrogens is 236 g/mol. The summed E-state index contributed by atoms with van der Waals surface area (Å²) in [5.41, 5.74) is 5.06. The van der Waals surface area contributed by atoms with Gasteiger partial charge in [0.05, 0.1) is 0 Å². The zero-order chi connectivity index (χ0) is 13.4. The molecule has 94 valence electrons. The Balaban J connectivity index is 2.19. The Kier molecular flexibility index (Phi) is 2.75. The lowest BCUT2D eigenvalue weighted by atomic mass is 9.90. The molecule has 0 saturated heterocycles. The van der Waals surface area contributed by atoms with Gasteiger partial charge in [-0.1, -0.05) is 42.0 Å². The summed E-state index contributed by atoms with van der Waals surface area (Å²) in [6.45, 7) is 4.11. The number of azo groups is 1. The van der Waals surface area contributed by atoms with E-state index in [-0.39, 0.29) is 11.9 Å². The number of rotatable bonds is 1. The average Bonchev–Trinajstić information content (AvgIpc) is 2.43. The Labute approximate surface area is 112 Å². The van der Waals surface area contributed by atoms with E-state index in [0.29, 0.717) is 5.56 Å².